The Morgan fingerprint density at radius 3 is 1.23 bits per heavy atom. The Hall–Kier alpha value is -12.4. The number of nitrogens with one attached hydrogen (secondary N) is 9. The van der Waals surface area contributed by atoms with E-state index in [9.17, 15) is 4.79 Å². The standard InChI is InChI=1S/C25H24N4O2S.2C23H21N7O.H2N2.H2O.H2/c1-26-25-17-28-20(16-29-25)12-21(32-3)13-23(30)22-10-9-19(11-24(22)31-2)15-27-14-18-7-5-4-6-8-18;2*1-24-22-14-27-23(15-26-22)28-21-11-19(29-30-21)18-9-8-17(10-20(18)31-2)13-25-12-16-6-4-3-5-7-16;1-2;;/h4-11,13,16-17,27H,12,14-15H2,2-3H3;2*3-11,14-15,25H,12-13H2,2H3,(H2,27,28,29,30);1-2H;1H2;1H/b21-13-;;;;;. The van der Waals surface area contributed by atoms with E-state index in [2.05, 4.69) is 140 Å². The van der Waals surface area contributed by atoms with E-state index in [0.29, 0.717) is 53.2 Å². The van der Waals surface area contributed by atoms with Crippen LogP contribution in [-0.4, -0.2) is 89.1 Å². The summed E-state index contributed by atoms with van der Waals surface area (Å²) >= 11 is 1.48. The number of ketones is 1. The van der Waals surface area contributed by atoms with E-state index < -0.39 is 0 Å². The highest BCUT2D eigenvalue weighted by atomic mass is 32.2. The molecule has 5 heterocycles. The van der Waals surface area contributed by atoms with E-state index in [4.69, 9.17) is 45.0 Å². The summed E-state index contributed by atoms with van der Waals surface area (Å²) in [4.78, 5) is 48.1. The normalized spacial score (nSPS) is 10.4. The second-order valence-electron chi connectivity index (χ2n) is 20.5. The number of aromatic amines is 2. The van der Waals surface area contributed by atoms with Crippen molar-refractivity contribution in [3.8, 4) is 39.8 Å². The molecule has 0 amide bonds. The number of hydrogen-bond donors (Lipinski definition) is 9. The van der Waals surface area contributed by atoms with Crippen molar-refractivity contribution in [1.82, 2.24) is 66.2 Å². The predicted molar refractivity (Wildman–Crippen MR) is 377 cm³/mol. The minimum Gasteiger partial charge on any atom is -0.496 e. The first kappa shape index (κ1) is 72.1. The molecule has 26 heteroatoms. The molecule has 0 saturated heterocycles. The van der Waals surface area contributed by atoms with Crippen LogP contribution in [-0.2, 0) is 45.7 Å². The number of thioether (sulfide) groups is 1. The van der Waals surface area contributed by atoms with Gasteiger partial charge in [0.15, 0.2) is 41.4 Å². The monoisotopic (exact) mass is 1320 g/mol. The molecule has 0 bridgehead atoms. The molecule has 0 atom stereocenters. The molecule has 97 heavy (non-hydrogen) atoms. The fraction of sp³-hybridized carbons (Fsp3) is 0.155. The summed E-state index contributed by atoms with van der Waals surface area (Å²) in [5.74, 6) is 4.90. The molecule has 0 unspecified atom stereocenters. The smallest absolute Gasteiger partial charge is 0.288 e. The first-order valence-corrected chi connectivity index (χ1v) is 30.9. The van der Waals surface area contributed by atoms with Crippen molar-refractivity contribution < 1.29 is 25.9 Å². The lowest BCUT2D eigenvalue weighted by molar-refractivity contribution is 0.104. The summed E-state index contributed by atoms with van der Waals surface area (Å²) in [5, 5.41) is 31.0. The van der Waals surface area contributed by atoms with Crippen LogP contribution in [0, 0.1) is 30.8 Å². The average Bonchev–Trinajstić information content (AvgIpc) is 1.62. The Bertz CT molecular complexity index is 4230. The zero-order chi connectivity index (χ0) is 67.7. The summed E-state index contributed by atoms with van der Waals surface area (Å²) in [7, 11) is 4.88. The SMILES string of the molecule is N=N.O.[C-]#[N+]c1cnc(C/C(=C/C(=O)c2ccc(CNCc3ccccc3)cc2OC)SC)cn1.[C-]#[N+]c1cnc(Nc2cc(-c3ccc(CNCc4ccccc4)cc3OC)[nH]n2)cn1.[C-]#[N+]c1cnc(Nc2cc(-c3ccc(CNCc4ccccc4)cc3OC)[nH]n2)cn1.[HH]. The number of methoxy groups -OCH3 is 3. The first-order valence-electron chi connectivity index (χ1n) is 29.6. The molecule has 0 spiro atoms. The van der Waals surface area contributed by atoms with E-state index in [-0.39, 0.29) is 30.1 Å². The Balaban J connectivity index is 0.000000227. The third kappa shape index (κ3) is 22.2. The number of ether oxygens (including phenoxy) is 3. The molecule has 11 rings (SSSR count). The molecule has 0 aliphatic rings. The molecule has 0 aliphatic carbocycles. The van der Waals surface area contributed by atoms with Crippen LogP contribution in [0.1, 0.15) is 50.9 Å². The maximum absolute atomic E-state index is 12.9. The van der Waals surface area contributed by atoms with Crippen molar-refractivity contribution in [3.63, 3.8) is 0 Å². The van der Waals surface area contributed by atoms with Crippen molar-refractivity contribution in [1.29, 1.82) is 11.1 Å². The number of benzene rings is 6. The van der Waals surface area contributed by atoms with Gasteiger partial charge in [-0.2, -0.15) is 10.2 Å². The lowest BCUT2D eigenvalue weighted by Crippen LogP contribution is -2.13. The molecule has 492 valence electrons. The topological polar surface area (TPSA) is 332 Å². The summed E-state index contributed by atoms with van der Waals surface area (Å²) < 4.78 is 16.7. The molecule has 11 aromatic rings. The summed E-state index contributed by atoms with van der Waals surface area (Å²) in [6.07, 6.45) is 12.8. The van der Waals surface area contributed by atoms with Crippen molar-refractivity contribution in [2.45, 2.75) is 45.7 Å². The molecular formula is C71H72N20O5S. The third-order valence-corrected chi connectivity index (χ3v) is 14.8. The van der Waals surface area contributed by atoms with Crippen LogP contribution in [0.5, 0.6) is 17.2 Å². The van der Waals surface area contributed by atoms with Gasteiger partial charge in [-0.15, -0.1) is 26.7 Å². The van der Waals surface area contributed by atoms with Gasteiger partial charge in [0.25, 0.3) is 17.5 Å². The van der Waals surface area contributed by atoms with Gasteiger partial charge in [0.1, 0.15) is 23.4 Å². The largest absolute Gasteiger partial charge is 0.496 e. The summed E-state index contributed by atoms with van der Waals surface area (Å²) in [5.41, 5.74) is 21.7. The van der Waals surface area contributed by atoms with Crippen LogP contribution in [0.25, 0.3) is 37.0 Å². The third-order valence-electron chi connectivity index (χ3n) is 14.0. The summed E-state index contributed by atoms with van der Waals surface area (Å²) in [6, 6.07) is 52.4. The van der Waals surface area contributed by atoms with Gasteiger partial charge in [-0.25, -0.2) is 21.0 Å². The average molecular weight is 1320 g/mol. The van der Waals surface area contributed by atoms with Crippen LogP contribution in [0.2, 0.25) is 0 Å². The highest BCUT2D eigenvalue weighted by Crippen LogP contribution is 2.33. The fourth-order valence-electron chi connectivity index (χ4n) is 9.30. The van der Waals surface area contributed by atoms with Gasteiger partial charge in [0.05, 0.1) is 62.6 Å². The van der Waals surface area contributed by atoms with Gasteiger partial charge in [-0.05, 0) is 87.0 Å². The number of aromatic nitrogens is 10. The maximum Gasteiger partial charge on any atom is 0.288 e. The number of allylic oxidation sites excluding steroid dienone is 2. The fourth-order valence-corrected chi connectivity index (χ4v) is 9.82. The zero-order valence-corrected chi connectivity index (χ0v) is 54.3. The van der Waals surface area contributed by atoms with E-state index in [1.54, 1.807) is 39.7 Å². The second kappa shape index (κ2) is 38.6. The Kier molecular flexibility index (Phi) is 28.7. The van der Waals surface area contributed by atoms with Crippen molar-refractivity contribution in [2.75, 3.05) is 38.2 Å². The number of carbonyl (C=O) groups is 1. The van der Waals surface area contributed by atoms with E-state index in [1.807, 2.05) is 109 Å². The van der Waals surface area contributed by atoms with Crippen molar-refractivity contribution >= 4 is 58.3 Å². The number of nitrogens with zero attached hydrogens (tertiary/aromatic N) is 11. The Morgan fingerprint density at radius 2 is 0.866 bits per heavy atom. The van der Waals surface area contributed by atoms with E-state index in [0.717, 1.165) is 88.3 Å². The van der Waals surface area contributed by atoms with Crippen LogP contribution in [0.3, 0.4) is 0 Å². The number of carbonyl (C=O) groups excluding carboxylic acids is 1. The van der Waals surface area contributed by atoms with Crippen LogP contribution >= 0.6 is 11.8 Å². The molecule has 5 aromatic heterocycles. The lowest BCUT2D eigenvalue weighted by Gasteiger charge is -2.11. The lowest BCUT2D eigenvalue weighted by atomic mass is 10.1. The molecule has 6 aromatic carbocycles. The molecule has 0 aliphatic heterocycles. The molecular weight excluding hydrogens is 1240 g/mol. The maximum atomic E-state index is 12.9. The predicted octanol–water partition coefficient (Wildman–Crippen LogP) is 13.9. The molecule has 11 N–H and O–H groups in total. The van der Waals surface area contributed by atoms with Gasteiger partial charge >= 0.3 is 0 Å². The van der Waals surface area contributed by atoms with Crippen LogP contribution in [0.4, 0.5) is 40.7 Å². The molecule has 25 nitrogen and oxygen atoms in total. The second-order valence-corrected chi connectivity index (χ2v) is 21.5. The van der Waals surface area contributed by atoms with Gasteiger partial charge in [-0.1, -0.05) is 129 Å². The van der Waals surface area contributed by atoms with Crippen molar-refractivity contribution in [2.24, 2.45) is 0 Å². The van der Waals surface area contributed by atoms with Crippen LogP contribution < -0.4 is 40.8 Å². The number of H-pyrrole nitrogens is 2. The molecule has 0 saturated carbocycles. The van der Waals surface area contributed by atoms with E-state index >= 15 is 0 Å². The van der Waals surface area contributed by atoms with Gasteiger partial charge < -0.3 is 60.8 Å². The quantitative estimate of drug-likeness (QED) is 0.0105. The first-order chi connectivity index (χ1) is 47.1. The number of rotatable bonds is 26. The highest BCUT2D eigenvalue weighted by molar-refractivity contribution is 8.02. The van der Waals surface area contributed by atoms with E-state index in [1.165, 1.54) is 59.4 Å². The summed E-state index contributed by atoms with van der Waals surface area (Å²) in [6.45, 7) is 25.3. The number of hydrogen-bond acceptors (Lipinski definition) is 20. The molecule has 0 radical (unpaired) electrons. The van der Waals surface area contributed by atoms with Gasteiger partial charge in [-0.3, -0.25) is 20.0 Å². The van der Waals surface area contributed by atoms with Gasteiger partial charge in [0, 0.05) is 70.4 Å². The van der Waals surface area contributed by atoms with Crippen LogP contribution in [0.15, 0.2) is 206 Å². The zero-order valence-electron chi connectivity index (χ0n) is 53.5. The van der Waals surface area contributed by atoms with Crippen molar-refractivity contribution in [3.05, 3.63) is 285 Å². The molecule has 0 fully saturated rings. The Morgan fingerprint density at radius 1 is 0.485 bits per heavy atom. The van der Waals surface area contributed by atoms with Gasteiger partial charge in [0.2, 0.25) is 0 Å². The highest BCUT2D eigenvalue weighted by Gasteiger charge is 2.16. The minimum absolute atomic E-state index is 0. The number of anilines is 4. The Labute approximate surface area is 567 Å². The minimum atomic E-state index is -0.124.